The molecule has 15 heavy (non-hydrogen) atoms. The van der Waals surface area contributed by atoms with Crippen LogP contribution in [0.4, 0.5) is 0 Å². The Kier molecular flexibility index (Phi) is 18.6. The van der Waals surface area contributed by atoms with E-state index in [1.165, 1.54) is 0 Å². The van der Waals surface area contributed by atoms with Gasteiger partial charge >= 0.3 is 48.6 Å². The van der Waals surface area contributed by atoms with Crippen LogP contribution >= 0.6 is 8.69 Å². The first-order chi connectivity index (χ1) is 5.62. The maximum atomic E-state index is 9.48. The van der Waals surface area contributed by atoms with Crippen LogP contribution < -0.4 is 35.7 Å². The van der Waals surface area contributed by atoms with E-state index in [2.05, 4.69) is 8.67 Å². The topological polar surface area (TPSA) is 202 Å². The van der Waals surface area contributed by atoms with Gasteiger partial charge in [0.2, 0.25) is 10.4 Å². The Morgan fingerprint density at radius 1 is 1.13 bits per heavy atom. The zero-order valence-electron chi connectivity index (χ0n) is 7.13. The van der Waals surface area contributed by atoms with Gasteiger partial charge in [0, 0.05) is 0 Å². The van der Waals surface area contributed by atoms with E-state index >= 15 is 0 Å². The van der Waals surface area contributed by atoms with Crippen LogP contribution in [0.2, 0.25) is 0 Å². The van der Waals surface area contributed by atoms with Crippen LogP contribution in [-0.4, -0.2) is 30.8 Å². The summed E-state index contributed by atoms with van der Waals surface area (Å²) >= 11 is 0. The van der Waals surface area contributed by atoms with Crippen molar-refractivity contribution < 1.29 is 73.6 Å². The van der Waals surface area contributed by atoms with Gasteiger partial charge in [0.1, 0.15) is 0 Å². The standard InChI is InChI=1S/H3N.Na.H2O8S2.HO2P/c;;1-9(2,3)7-8-10(4,5)6;1-3-2/h1H3;;(H,1,2,3)(H,4,5,6);(H,1,2)/q;+1;;/p-1. The van der Waals surface area contributed by atoms with E-state index in [9.17, 15) is 21.4 Å². The van der Waals surface area contributed by atoms with Gasteiger partial charge in [-0.3, -0.25) is 4.55 Å². The van der Waals surface area contributed by atoms with Crippen molar-refractivity contribution in [1.82, 2.24) is 6.15 Å². The minimum atomic E-state index is -5.27. The van der Waals surface area contributed by atoms with Crippen LogP contribution in [0.5, 0.6) is 0 Å². The molecule has 0 aliphatic carbocycles. The fourth-order valence-electron chi connectivity index (χ4n) is 0.0691. The summed E-state index contributed by atoms with van der Waals surface area (Å²) in [5, 5.41) is 0. The largest absolute Gasteiger partial charge is 1.00 e. The molecule has 0 aliphatic rings. The molecule has 0 radical (unpaired) electrons. The quantitative estimate of drug-likeness (QED) is 0.113. The third-order valence-corrected chi connectivity index (χ3v) is 0.758. The molecule has 0 rings (SSSR count). The summed E-state index contributed by atoms with van der Waals surface area (Å²) in [6.07, 6.45) is 0. The first-order valence-electron chi connectivity index (χ1n) is 1.90. The Bertz CT molecular complexity index is 296. The summed E-state index contributed by atoms with van der Waals surface area (Å²) < 4.78 is 68.6. The normalized spacial score (nSPS) is 10.3. The second-order valence-corrected chi connectivity index (χ2v) is 3.16. The third kappa shape index (κ3) is 39.9. The predicted molar refractivity (Wildman–Crippen MR) is 38.3 cm³/mol. The van der Waals surface area contributed by atoms with Crippen molar-refractivity contribution >= 4 is 29.5 Å². The van der Waals surface area contributed by atoms with E-state index in [1.807, 2.05) is 0 Å². The summed E-state index contributed by atoms with van der Waals surface area (Å²) in [4.78, 5) is 6.99. The molecule has 0 amide bonds. The maximum absolute atomic E-state index is 9.48. The molecule has 0 aliphatic heterocycles. The molecular formula is H5NNaO10PS2. The Labute approximate surface area is 109 Å². The van der Waals surface area contributed by atoms with Gasteiger partial charge in [0.05, 0.1) is 0 Å². The summed E-state index contributed by atoms with van der Waals surface area (Å²) in [5.74, 6) is 0. The summed E-state index contributed by atoms with van der Waals surface area (Å²) in [6, 6.07) is 0. The van der Waals surface area contributed by atoms with Crippen molar-refractivity contribution in [2.45, 2.75) is 0 Å². The van der Waals surface area contributed by atoms with Crippen LogP contribution in [0.15, 0.2) is 0 Å². The minimum absolute atomic E-state index is 0. The van der Waals surface area contributed by atoms with E-state index in [0.29, 0.717) is 0 Å². The van der Waals surface area contributed by atoms with Crippen molar-refractivity contribution in [3.05, 3.63) is 0 Å². The predicted octanol–water partition coefficient (Wildman–Crippen LogP) is -4.45. The van der Waals surface area contributed by atoms with Crippen molar-refractivity contribution in [3.63, 3.8) is 0 Å². The number of hydrogen-bond donors (Lipinski definition) is 3. The van der Waals surface area contributed by atoms with E-state index in [1.54, 1.807) is 0 Å². The summed E-state index contributed by atoms with van der Waals surface area (Å²) in [7, 11) is -11.2. The summed E-state index contributed by atoms with van der Waals surface area (Å²) in [6.45, 7) is 0. The molecule has 0 heterocycles. The van der Waals surface area contributed by atoms with Crippen molar-refractivity contribution in [2.75, 3.05) is 0 Å². The molecular weight excluding hydrogens is 292 g/mol. The SMILES string of the molecule is N.O=PO.O=S(=O)([O-])OOS(=O)(=O)O.[Na+]. The van der Waals surface area contributed by atoms with E-state index in [4.69, 9.17) is 14.0 Å². The van der Waals surface area contributed by atoms with Crippen molar-refractivity contribution in [1.29, 1.82) is 0 Å². The van der Waals surface area contributed by atoms with Gasteiger partial charge in [-0.15, -0.1) is 0 Å². The van der Waals surface area contributed by atoms with Crippen molar-refractivity contribution in [3.8, 4) is 0 Å². The Hall–Kier alpha value is 0.760. The van der Waals surface area contributed by atoms with Crippen LogP contribution in [0.1, 0.15) is 0 Å². The second kappa shape index (κ2) is 11.3. The minimum Gasteiger partial charge on any atom is -0.724 e. The Morgan fingerprint density at radius 2 is 1.40 bits per heavy atom. The Balaban J connectivity index is -0.000000108. The third-order valence-electron chi connectivity index (χ3n) is 0.197. The molecule has 0 saturated heterocycles. The summed E-state index contributed by atoms with van der Waals surface area (Å²) in [5.41, 5.74) is 0. The molecule has 5 N–H and O–H groups in total. The van der Waals surface area contributed by atoms with Crippen LogP contribution in [0.25, 0.3) is 0 Å². The molecule has 0 spiro atoms. The van der Waals surface area contributed by atoms with Gasteiger partial charge in [-0.25, -0.2) is 13.0 Å². The zero-order chi connectivity index (χ0) is 11.1. The molecule has 0 fully saturated rings. The van der Waals surface area contributed by atoms with Crippen LogP contribution in [-0.2, 0) is 34.0 Å². The average Bonchev–Trinajstić information content (AvgIpc) is 1.82. The molecule has 11 nitrogen and oxygen atoms in total. The van der Waals surface area contributed by atoms with Gasteiger partial charge in [-0.05, 0) is 0 Å². The first kappa shape index (κ1) is 24.8. The van der Waals surface area contributed by atoms with Crippen molar-refractivity contribution in [2.24, 2.45) is 0 Å². The average molecular weight is 297 g/mol. The fraction of sp³-hybridized carbons (Fsp3) is 0. The van der Waals surface area contributed by atoms with Gasteiger partial charge in [0.15, 0.2) is 0 Å². The molecule has 15 heteroatoms. The molecule has 0 aromatic carbocycles. The monoisotopic (exact) mass is 297 g/mol. The van der Waals surface area contributed by atoms with E-state index < -0.39 is 29.5 Å². The van der Waals surface area contributed by atoms with E-state index in [0.717, 1.165) is 0 Å². The van der Waals surface area contributed by atoms with Crippen LogP contribution in [0.3, 0.4) is 0 Å². The molecule has 0 saturated carbocycles. The molecule has 88 valence electrons. The van der Waals surface area contributed by atoms with Gasteiger partial charge in [0.25, 0.3) is 0 Å². The number of rotatable bonds is 3. The second-order valence-electron chi connectivity index (χ2n) is 1.05. The first-order valence-corrected chi connectivity index (χ1v) is 5.36. The molecule has 0 aromatic rings. The van der Waals surface area contributed by atoms with Crippen LogP contribution in [0, 0.1) is 0 Å². The Morgan fingerprint density at radius 3 is 1.47 bits per heavy atom. The van der Waals surface area contributed by atoms with Gasteiger partial charge < -0.3 is 15.6 Å². The zero-order valence-corrected chi connectivity index (χ0v) is 11.7. The van der Waals surface area contributed by atoms with E-state index in [-0.39, 0.29) is 35.7 Å². The van der Waals surface area contributed by atoms with Gasteiger partial charge in [-0.2, -0.15) is 8.42 Å². The molecule has 0 bridgehead atoms. The molecule has 0 atom stereocenters. The molecule has 0 unspecified atom stereocenters. The smallest absolute Gasteiger partial charge is 0.724 e. The van der Waals surface area contributed by atoms with Gasteiger partial charge in [-0.1, -0.05) is 8.67 Å². The fourth-order valence-corrected chi connectivity index (χ4v) is 0.622. The maximum Gasteiger partial charge on any atom is 1.00 e. The number of hydrogen-bond acceptors (Lipinski definition) is 9. The molecule has 0 aromatic heterocycles.